The van der Waals surface area contributed by atoms with Crippen molar-refractivity contribution in [1.29, 1.82) is 0 Å². The summed E-state index contributed by atoms with van der Waals surface area (Å²) in [5, 5.41) is 19.3. The number of hydrogen-bond donors (Lipinski definition) is 3. The van der Waals surface area contributed by atoms with Crippen LogP contribution in [-0.4, -0.2) is 29.8 Å². The van der Waals surface area contributed by atoms with Crippen molar-refractivity contribution in [3.8, 4) is 0 Å². The Morgan fingerprint density at radius 3 is 2.81 bits per heavy atom. The number of nitrogens with one attached hydrogen (secondary N) is 3. The predicted molar refractivity (Wildman–Crippen MR) is 77.2 cm³/mol. The molecule has 0 spiro atoms. The van der Waals surface area contributed by atoms with Crippen LogP contribution in [-0.2, 0) is 16.0 Å². The third kappa shape index (κ3) is 3.68. The summed E-state index contributed by atoms with van der Waals surface area (Å²) >= 11 is 0. The van der Waals surface area contributed by atoms with Crippen LogP contribution in [0.4, 0.5) is 17.1 Å². The van der Waals surface area contributed by atoms with Gasteiger partial charge in [0.05, 0.1) is 10.6 Å². The molecule has 2 amide bonds. The van der Waals surface area contributed by atoms with Gasteiger partial charge in [0.1, 0.15) is 5.69 Å². The molecule has 2 rings (SSSR count). The number of nitro benzene ring substituents is 1. The highest BCUT2D eigenvalue weighted by molar-refractivity contribution is 5.95. The number of nitrogens with zero attached hydrogens (tertiary/aromatic N) is 1. The maximum atomic E-state index is 11.3. The smallest absolute Gasteiger partial charge is 0.294 e. The van der Waals surface area contributed by atoms with Crippen LogP contribution in [0.5, 0.6) is 0 Å². The Bertz CT molecular complexity index is 600. The lowest BCUT2D eigenvalue weighted by atomic mass is 10.0. The zero-order valence-corrected chi connectivity index (χ0v) is 11.6. The lowest BCUT2D eigenvalue weighted by molar-refractivity contribution is -0.383. The van der Waals surface area contributed by atoms with Crippen LogP contribution in [0.15, 0.2) is 12.1 Å². The van der Waals surface area contributed by atoms with E-state index in [0.717, 1.165) is 5.56 Å². The molecule has 1 heterocycles. The summed E-state index contributed by atoms with van der Waals surface area (Å²) in [6, 6.07) is 3.05. The fraction of sp³-hybridized carbons (Fsp3) is 0.385. The van der Waals surface area contributed by atoms with Crippen LogP contribution in [0.3, 0.4) is 0 Å². The van der Waals surface area contributed by atoms with Crippen LogP contribution < -0.4 is 16.0 Å². The van der Waals surface area contributed by atoms with Crippen molar-refractivity contribution in [3.63, 3.8) is 0 Å². The lowest BCUT2D eigenvalue weighted by Crippen LogP contribution is -2.26. The van der Waals surface area contributed by atoms with Crippen molar-refractivity contribution in [2.75, 3.05) is 23.7 Å². The molecule has 8 nitrogen and oxygen atoms in total. The van der Waals surface area contributed by atoms with Gasteiger partial charge in [-0.2, -0.15) is 0 Å². The van der Waals surface area contributed by atoms with Gasteiger partial charge in [-0.05, 0) is 18.1 Å². The molecule has 0 fully saturated rings. The Kier molecular flexibility index (Phi) is 4.36. The summed E-state index contributed by atoms with van der Waals surface area (Å²) in [7, 11) is 0. The Hall–Kier alpha value is -2.64. The average Bonchev–Trinajstić information content (AvgIpc) is 2.42. The zero-order valence-electron chi connectivity index (χ0n) is 11.6. The quantitative estimate of drug-likeness (QED) is 0.426. The monoisotopic (exact) mass is 292 g/mol. The van der Waals surface area contributed by atoms with Crippen molar-refractivity contribution in [2.24, 2.45) is 0 Å². The average molecular weight is 292 g/mol. The maximum Gasteiger partial charge on any atom is 0.294 e. The number of anilines is 2. The summed E-state index contributed by atoms with van der Waals surface area (Å²) in [6.07, 6.45) is 0.926. The summed E-state index contributed by atoms with van der Waals surface area (Å²) in [5.41, 5.74) is 1.65. The molecule has 3 N–H and O–H groups in total. The van der Waals surface area contributed by atoms with Gasteiger partial charge in [0.2, 0.25) is 11.8 Å². The molecule has 112 valence electrons. The first-order valence-corrected chi connectivity index (χ1v) is 6.57. The van der Waals surface area contributed by atoms with Crippen molar-refractivity contribution >= 4 is 28.9 Å². The highest BCUT2D eigenvalue weighted by Crippen LogP contribution is 2.33. The molecule has 8 heteroatoms. The molecule has 1 aromatic carbocycles. The van der Waals surface area contributed by atoms with Gasteiger partial charge < -0.3 is 16.0 Å². The third-order valence-corrected chi connectivity index (χ3v) is 3.13. The van der Waals surface area contributed by atoms with Gasteiger partial charge in [0.15, 0.2) is 0 Å². The Balaban J connectivity index is 2.17. The number of carbonyl (C=O) groups is 2. The largest absolute Gasteiger partial charge is 0.378 e. The van der Waals surface area contributed by atoms with E-state index in [1.54, 1.807) is 6.07 Å². The predicted octanol–water partition coefficient (Wildman–Crippen LogP) is 1.03. The summed E-state index contributed by atoms with van der Waals surface area (Å²) in [6.45, 7) is 2.16. The fourth-order valence-corrected chi connectivity index (χ4v) is 2.15. The number of carbonyl (C=O) groups excluding carboxylic acids is 2. The van der Waals surface area contributed by atoms with Crippen LogP contribution >= 0.6 is 0 Å². The number of benzene rings is 1. The number of nitro groups is 1. The minimum absolute atomic E-state index is 0.0984. The molecule has 0 saturated carbocycles. The maximum absolute atomic E-state index is 11.3. The van der Waals surface area contributed by atoms with Crippen molar-refractivity contribution in [1.82, 2.24) is 5.32 Å². The fourth-order valence-electron chi connectivity index (χ4n) is 2.15. The van der Waals surface area contributed by atoms with E-state index in [4.69, 9.17) is 0 Å². The second-order valence-corrected chi connectivity index (χ2v) is 4.74. The number of aryl methyl sites for hydroxylation is 1. The Morgan fingerprint density at radius 2 is 2.14 bits per heavy atom. The SMILES string of the molecule is CC(=O)NCCNc1cc2c(cc1[N+](=O)[O-])NC(=O)CC2. The second kappa shape index (κ2) is 6.21. The molecule has 0 aliphatic carbocycles. The van der Waals surface area contributed by atoms with Gasteiger partial charge in [0.25, 0.3) is 5.69 Å². The third-order valence-electron chi connectivity index (χ3n) is 3.13. The molecule has 0 bridgehead atoms. The standard InChI is InChI=1S/C13H16N4O4/c1-8(18)14-4-5-15-11-6-9-2-3-13(19)16-10(9)7-12(11)17(20)21/h6-7,15H,2-5H2,1H3,(H,14,18)(H,16,19). The normalized spacial score (nSPS) is 13.1. The van der Waals surface area contributed by atoms with Gasteiger partial charge in [-0.1, -0.05) is 0 Å². The first-order chi connectivity index (χ1) is 9.97. The highest BCUT2D eigenvalue weighted by Gasteiger charge is 2.22. The molecular weight excluding hydrogens is 276 g/mol. The first kappa shape index (κ1) is 14.8. The van der Waals surface area contributed by atoms with Gasteiger partial charge in [-0.15, -0.1) is 0 Å². The number of fused-ring (bicyclic) bond motifs is 1. The highest BCUT2D eigenvalue weighted by atomic mass is 16.6. The molecule has 0 saturated heterocycles. The van der Waals surface area contributed by atoms with Crippen molar-refractivity contribution in [3.05, 3.63) is 27.8 Å². The molecule has 1 aromatic rings. The molecule has 0 atom stereocenters. The van der Waals surface area contributed by atoms with Crippen LogP contribution in [0.1, 0.15) is 18.9 Å². The summed E-state index contributed by atoms with van der Waals surface area (Å²) in [4.78, 5) is 32.7. The molecule has 21 heavy (non-hydrogen) atoms. The molecule has 0 aromatic heterocycles. The van der Waals surface area contributed by atoms with E-state index in [0.29, 0.717) is 37.3 Å². The molecule has 0 radical (unpaired) electrons. The summed E-state index contributed by atoms with van der Waals surface area (Å²) < 4.78 is 0. The number of hydrogen-bond acceptors (Lipinski definition) is 5. The van der Waals surface area contributed by atoms with E-state index in [2.05, 4.69) is 16.0 Å². The Labute approximate surface area is 121 Å². The van der Waals surface area contributed by atoms with Crippen molar-refractivity contribution in [2.45, 2.75) is 19.8 Å². The molecule has 1 aliphatic heterocycles. The van der Waals surface area contributed by atoms with Gasteiger partial charge in [-0.3, -0.25) is 19.7 Å². The van der Waals surface area contributed by atoms with Crippen LogP contribution in [0.25, 0.3) is 0 Å². The molecular formula is C13H16N4O4. The minimum atomic E-state index is -0.498. The molecule has 0 unspecified atom stereocenters. The van der Waals surface area contributed by atoms with Gasteiger partial charge >= 0.3 is 0 Å². The number of amides is 2. The zero-order chi connectivity index (χ0) is 15.4. The number of rotatable bonds is 5. The topological polar surface area (TPSA) is 113 Å². The van der Waals surface area contributed by atoms with E-state index >= 15 is 0 Å². The molecule has 1 aliphatic rings. The van der Waals surface area contributed by atoms with E-state index < -0.39 is 4.92 Å². The Morgan fingerprint density at radius 1 is 1.38 bits per heavy atom. The van der Waals surface area contributed by atoms with Gasteiger partial charge in [0, 0.05) is 32.5 Å². The van der Waals surface area contributed by atoms with Crippen LogP contribution in [0, 0.1) is 10.1 Å². The second-order valence-electron chi connectivity index (χ2n) is 4.74. The van der Waals surface area contributed by atoms with E-state index in [1.807, 2.05) is 0 Å². The first-order valence-electron chi connectivity index (χ1n) is 6.57. The lowest BCUT2D eigenvalue weighted by Gasteiger charge is -2.18. The van der Waals surface area contributed by atoms with Gasteiger partial charge in [-0.25, -0.2) is 0 Å². The minimum Gasteiger partial charge on any atom is -0.378 e. The summed E-state index contributed by atoms with van der Waals surface area (Å²) in [5.74, 6) is -0.289. The van der Waals surface area contributed by atoms with E-state index in [1.165, 1.54) is 13.0 Å². The van der Waals surface area contributed by atoms with Crippen molar-refractivity contribution < 1.29 is 14.5 Å². The van der Waals surface area contributed by atoms with E-state index in [9.17, 15) is 19.7 Å². The van der Waals surface area contributed by atoms with Crippen LogP contribution in [0.2, 0.25) is 0 Å². The van der Waals surface area contributed by atoms with E-state index in [-0.39, 0.29) is 17.5 Å².